The molecule has 1 aromatic carbocycles. The number of aromatic nitrogens is 5. The topological polar surface area (TPSA) is 96.5 Å². The summed E-state index contributed by atoms with van der Waals surface area (Å²) in [6.07, 6.45) is 0.0720. The van der Waals surface area contributed by atoms with Gasteiger partial charge in [0.25, 0.3) is 0 Å². The summed E-state index contributed by atoms with van der Waals surface area (Å²) in [5, 5.41) is 16.7. The predicted octanol–water partition coefficient (Wildman–Crippen LogP) is 2.00. The lowest BCUT2D eigenvalue weighted by atomic mass is 10.0. The molecule has 3 rings (SSSR count). The zero-order valence-corrected chi connectivity index (χ0v) is 14.2. The van der Waals surface area contributed by atoms with Gasteiger partial charge in [-0.1, -0.05) is 5.21 Å². The van der Waals surface area contributed by atoms with E-state index in [1.165, 1.54) is 11.3 Å². The fraction of sp³-hybridized carbons (Fsp3) is 0.267. The Morgan fingerprint density at radius 1 is 1.36 bits per heavy atom. The van der Waals surface area contributed by atoms with Crippen LogP contribution < -0.4 is 5.32 Å². The van der Waals surface area contributed by atoms with Gasteiger partial charge in [0.1, 0.15) is 17.7 Å². The fourth-order valence-electron chi connectivity index (χ4n) is 2.40. The Kier molecular flexibility index (Phi) is 4.79. The van der Waals surface area contributed by atoms with E-state index in [-0.39, 0.29) is 23.7 Å². The summed E-state index contributed by atoms with van der Waals surface area (Å²) >= 11 is 1.41. The second kappa shape index (κ2) is 7.01. The number of carbonyl (C=O) groups is 1. The maximum absolute atomic E-state index is 14.1. The van der Waals surface area contributed by atoms with Crippen molar-refractivity contribution in [3.05, 3.63) is 56.8 Å². The number of aromatic amines is 1. The first kappa shape index (κ1) is 17.1. The molecule has 2 aromatic heterocycles. The molecule has 0 fully saturated rings. The smallest absolute Gasteiger partial charge is 0.226 e. The number of thiazole rings is 1. The SMILES string of the molecule is Cc1nc(C)c(CC(=O)NC(c2nn[nH]n2)c2cc(F)ccc2F)s1. The lowest BCUT2D eigenvalue weighted by molar-refractivity contribution is -0.121. The average molecular weight is 364 g/mol. The van der Waals surface area contributed by atoms with E-state index in [0.717, 1.165) is 33.8 Å². The number of hydrogen-bond donors (Lipinski definition) is 2. The highest BCUT2D eigenvalue weighted by Gasteiger charge is 2.25. The van der Waals surface area contributed by atoms with Gasteiger partial charge in [-0.3, -0.25) is 4.79 Å². The number of tetrazole rings is 1. The van der Waals surface area contributed by atoms with E-state index in [9.17, 15) is 13.6 Å². The molecular formula is C15H14F2N6OS. The van der Waals surface area contributed by atoms with Crippen molar-refractivity contribution in [3.63, 3.8) is 0 Å². The van der Waals surface area contributed by atoms with E-state index in [1.807, 2.05) is 13.8 Å². The van der Waals surface area contributed by atoms with Crippen molar-refractivity contribution in [2.75, 3.05) is 0 Å². The zero-order chi connectivity index (χ0) is 18.0. The molecular weight excluding hydrogens is 350 g/mol. The Labute approximate surface area is 145 Å². The van der Waals surface area contributed by atoms with Gasteiger partial charge in [-0.25, -0.2) is 13.8 Å². The Morgan fingerprint density at radius 2 is 2.16 bits per heavy atom. The largest absolute Gasteiger partial charge is 0.341 e. The van der Waals surface area contributed by atoms with Crippen molar-refractivity contribution in [3.8, 4) is 0 Å². The van der Waals surface area contributed by atoms with Gasteiger partial charge < -0.3 is 5.32 Å². The molecule has 2 heterocycles. The van der Waals surface area contributed by atoms with E-state index < -0.39 is 17.7 Å². The molecule has 130 valence electrons. The minimum atomic E-state index is -1.06. The third-order valence-electron chi connectivity index (χ3n) is 3.52. The van der Waals surface area contributed by atoms with Crippen LogP contribution in [0.25, 0.3) is 0 Å². The molecule has 7 nitrogen and oxygen atoms in total. The van der Waals surface area contributed by atoms with Crippen LogP contribution in [0.5, 0.6) is 0 Å². The second-order valence-corrected chi connectivity index (χ2v) is 6.64. The summed E-state index contributed by atoms with van der Waals surface area (Å²) in [6, 6.07) is 1.92. The number of H-pyrrole nitrogens is 1. The maximum Gasteiger partial charge on any atom is 0.226 e. The van der Waals surface area contributed by atoms with Crippen LogP contribution in [0.3, 0.4) is 0 Å². The summed E-state index contributed by atoms with van der Waals surface area (Å²) in [4.78, 5) is 17.5. The molecule has 2 N–H and O–H groups in total. The van der Waals surface area contributed by atoms with Crippen LogP contribution in [0.1, 0.15) is 33.0 Å². The summed E-state index contributed by atoms with van der Waals surface area (Å²) in [6.45, 7) is 3.67. The molecule has 0 bridgehead atoms. The van der Waals surface area contributed by atoms with Crippen molar-refractivity contribution in [2.45, 2.75) is 26.3 Å². The Hall–Kier alpha value is -2.75. The molecule has 1 amide bonds. The zero-order valence-electron chi connectivity index (χ0n) is 13.4. The van der Waals surface area contributed by atoms with Crippen LogP contribution in [0.15, 0.2) is 18.2 Å². The van der Waals surface area contributed by atoms with Crippen LogP contribution in [0.2, 0.25) is 0 Å². The predicted molar refractivity (Wildman–Crippen MR) is 85.8 cm³/mol. The van der Waals surface area contributed by atoms with Gasteiger partial charge in [0.05, 0.1) is 17.1 Å². The number of halogens is 2. The highest BCUT2D eigenvalue weighted by Crippen LogP contribution is 2.23. The molecule has 0 spiro atoms. The molecule has 0 aliphatic heterocycles. The second-order valence-electron chi connectivity index (χ2n) is 5.35. The van der Waals surface area contributed by atoms with Gasteiger partial charge in [-0.15, -0.1) is 21.5 Å². The normalized spacial score (nSPS) is 12.2. The van der Waals surface area contributed by atoms with E-state index in [4.69, 9.17) is 0 Å². The summed E-state index contributed by atoms with van der Waals surface area (Å²) in [5.74, 6) is -1.66. The third kappa shape index (κ3) is 3.85. The van der Waals surface area contributed by atoms with Crippen molar-refractivity contribution < 1.29 is 13.6 Å². The van der Waals surface area contributed by atoms with Crippen LogP contribution >= 0.6 is 11.3 Å². The van der Waals surface area contributed by atoms with Gasteiger partial charge in [0, 0.05) is 10.4 Å². The lowest BCUT2D eigenvalue weighted by Gasteiger charge is -2.16. The quantitative estimate of drug-likeness (QED) is 0.722. The van der Waals surface area contributed by atoms with Crippen molar-refractivity contribution in [1.82, 2.24) is 30.9 Å². The molecule has 0 radical (unpaired) electrons. The lowest BCUT2D eigenvalue weighted by Crippen LogP contribution is -2.32. The minimum Gasteiger partial charge on any atom is -0.341 e. The van der Waals surface area contributed by atoms with Gasteiger partial charge in [0.15, 0.2) is 0 Å². The van der Waals surface area contributed by atoms with E-state index >= 15 is 0 Å². The monoisotopic (exact) mass is 364 g/mol. The van der Waals surface area contributed by atoms with Crippen molar-refractivity contribution in [2.24, 2.45) is 0 Å². The molecule has 10 heteroatoms. The van der Waals surface area contributed by atoms with Crippen molar-refractivity contribution >= 4 is 17.2 Å². The average Bonchev–Trinajstić information content (AvgIpc) is 3.18. The number of nitrogens with one attached hydrogen (secondary N) is 2. The molecule has 0 saturated carbocycles. The van der Waals surface area contributed by atoms with Crippen LogP contribution in [0, 0.1) is 25.5 Å². The fourth-order valence-corrected chi connectivity index (χ4v) is 3.34. The van der Waals surface area contributed by atoms with E-state index in [0.29, 0.717) is 0 Å². The first-order chi connectivity index (χ1) is 11.9. The molecule has 25 heavy (non-hydrogen) atoms. The first-order valence-electron chi connectivity index (χ1n) is 7.34. The summed E-state index contributed by atoms with van der Waals surface area (Å²) in [5.41, 5.74) is 0.692. The van der Waals surface area contributed by atoms with Crippen LogP contribution in [0.4, 0.5) is 8.78 Å². The minimum absolute atomic E-state index is 0.0371. The van der Waals surface area contributed by atoms with E-state index in [2.05, 4.69) is 30.9 Å². The number of amides is 1. The first-order valence-corrected chi connectivity index (χ1v) is 8.16. The van der Waals surface area contributed by atoms with Gasteiger partial charge in [-0.2, -0.15) is 5.21 Å². The molecule has 1 unspecified atom stereocenters. The van der Waals surface area contributed by atoms with E-state index in [1.54, 1.807) is 0 Å². The molecule has 0 aliphatic carbocycles. The Bertz CT molecular complexity index is 896. The number of hydrogen-bond acceptors (Lipinski definition) is 6. The number of rotatable bonds is 5. The van der Waals surface area contributed by atoms with Crippen LogP contribution in [-0.2, 0) is 11.2 Å². The highest BCUT2D eigenvalue weighted by molar-refractivity contribution is 7.11. The van der Waals surface area contributed by atoms with Crippen molar-refractivity contribution in [1.29, 1.82) is 0 Å². The van der Waals surface area contributed by atoms with Gasteiger partial charge >= 0.3 is 0 Å². The number of nitrogens with zero attached hydrogens (tertiary/aromatic N) is 4. The maximum atomic E-state index is 14.1. The molecule has 3 aromatic rings. The van der Waals surface area contributed by atoms with Crippen LogP contribution in [-0.4, -0.2) is 31.5 Å². The number of benzene rings is 1. The summed E-state index contributed by atoms with van der Waals surface area (Å²) < 4.78 is 27.7. The molecule has 1 atom stereocenters. The highest BCUT2D eigenvalue weighted by atomic mass is 32.1. The van der Waals surface area contributed by atoms with Gasteiger partial charge in [-0.05, 0) is 32.0 Å². The number of aryl methyl sites for hydroxylation is 2. The Balaban J connectivity index is 1.87. The van der Waals surface area contributed by atoms with Gasteiger partial charge in [0.2, 0.25) is 11.7 Å². The summed E-state index contributed by atoms with van der Waals surface area (Å²) in [7, 11) is 0. The third-order valence-corrected chi connectivity index (χ3v) is 4.59. The Morgan fingerprint density at radius 3 is 2.80 bits per heavy atom. The molecule has 0 aliphatic rings. The number of carbonyl (C=O) groups excluding carboxylic acids is 1. The molecule has 0 saturated heterocycles. The standard InChI is InChI=1S/C15H14F2N6OS/c1-7-12(25-8(2)18-7)6-13(24)19-14(15-20-22-23-21-15)10-5-9(16)3-4-11(10)17/h3-5,14H,6H2,1-2H3,(H,19,24)(H,20,21,22,23).